The molecule has 0 aliphatic heterocycles. The lowest BCUT2D eigenvalue weighted by atomic mass is 10.1. The van der Waals surface area contributed by atoms with Crippen molar-refractivity contribution in [2.75, 3.05) is 7.11 Å². The van der Waals surface area contributed by atoms with E-state index >= 15 is 0 Å². The van der Waals surface area contributed by atoms with Gasteiger partial charge in [-0.05, 0) is 24.1 Å². The van der Waals surface area contributed by atoms with Crippen LogP contribution >= 0.6 is 23.2 Å². The zero-order valence-electron chi connectivity index (χ0n) is 7.68. The molecule has 0 saturated carbocycles. The van der Waals surface area contributed by atoms with Gasteiger partial charge in [0.15, 0.2) is 0 Å². The van der Waals surface area contributed by atoms with Crippen LogP contribution in [0.15, 0.2) is 18.2 Å². The molecular formula is C10H12Cl2O. The van der Waals surface area contributed by atoms with Gasteiger partial charge in [-0.1, -0.05) is 36.2 Å². The first kappa shape index (κ1) is 10.8. The van der Waals surface area contributed by atoms with Crippen molar-refractivity contribution in [1.29, 1.82) is 0 Å². The Bertz CT molecular complexity index is 282. The molecule has 1 aromatic carbocycles. The van der Waals surface area contributed by atoms with Crippen LogP contribution in [0.25, 0.3) is 0 Å². The molecule has 1 nitrogen and oxygen atoms in total. The maximum atomic E-state index is 6.02. The van der Waals surface area contributed by atoms with Crippen molar-refractivity contribution in [3.8, 4) is 0 Å². The first-order valence-electron chi connectivity index (χ1n) is 4.16. The zero-order valence-corrected chi connectivity index (χ0v) is 9.19. The molecule has 0 saturated heterocycles. The van der Waals surface area contributed by atoms with Crippen LogP contribution in [0, 0.1) is 0 Å². The van der Waals surface area contributed by atoms with E-state index in [1.54, 1.807) is 13.2 Å². The third-order valence-electron chi connectivity index (χ3n) is 1.96. The van der Waals surface area contributed by atoms with Crippen LogP contribution in [-0.4, -0.2) is 7.11 Å². The molecule has 72 valence electrons. The van der Waals surface area contributed by atoms with Gasteiger partial charge in [0.1, 0.15) is 0 Å². The van der Waals surface area contributed by atoms with Gasteiger partial charge in [0.25, 0.3) is 0 Å². The summed E-state index contributed by atoms with van der Waals surface area (Å²) < 4.78 is 5.28. The monoisotopic (exact) mass is 218 g/mol. The second-order valence-corrected chi connectivity index (χ2v) is 3.64. The second kappa shape index (κ2) is 4.85. The first-order chi connectivity index (χ1) is 6.19. The maximum absolute atomic E-state index is 6.02. The highest BCUT2D eigenvalue weighted by atomic mass is 35.5. The molecule has 1 unspecified atom stereocenters. The summed E-state index contributed by atoms with van der Waals surface area (Å²) >= 11 is 11.8. The van der Waals surface area contributed by atoms with Crippen molar-refractivity contribution in [3.05, 3.63) is 33.8 Å². The fourth-order valence-corrected chi connectivity index (χ4v) is 1.81. The van der Waals surface area contributed by atoms with Gasteiger partial charge in [0.2, 0.25) is 0 Å². The van der Waals surface area contributed by atoms with E-state index in [1.807, 2.05) is 12.1 Å². The summed E-state index contributed by atoms with van der Waals surface area (Å²) in [6.07, 6.45) is 0.961. The predicted octanol–water partition coefficient (Wildman–Crippen LogP) is 4.09. The normalized spacial score (nSPS) is 12.9. The molecular weight excluding hydrogens is 207 g/mol. The predicted molar refractivity (Wildman–Crippen MR) is 56.5 cm³/mol. The van der Waals surface area contributed by atoms with E-state index in [0.29, 0.717) is 10.0 Å². The Balaban J connectivity index is 2.99. The minimum Gasteiger partial charge on any atom is -0.377 e. The van der Waals surface area contributed by atoms with E-state index in [4.69, 9.17) is 27.9 Å². The summed E-state index contributed by atoms with van der Waals surface area (Å²) in [7, 11) is 1.68. The van der Waals surface area contributed by atoms with Gasteiger partial charge in [-0.2, -0.15) is 0 Å². The summed E-state index contributed by atoms with van der Waals surface area (Å²) in [5, 5.41) is 1.32. The number of hydrogen-bond donors (Lipinski definition) is 0. The van der Waals surface area contributed by atoms with Crippen molar-refractivity contribution in [2.45, 2.75) is 19.4 Å². The van der Waals surface area contributed by atoms with Crippen molar-refractivity contribution < 1.29 is 4.74 Å². The van der Waals surface area contributed by atoms with Crippen molar-refractivity contribution >= 4 is 23.2 Å². The minimum absolute atomic E-state index is 0.0600. The fourth-order valence-electron chi connectivity index (χ4n) is 1.28. The zero-order chi connectivity index (χ0) is 9.84. The van der Waals surface area contributed by atoms with Crippen LogP contribution in [0.3, 0.4) is 0 Å². The van der Waals surface area contributed by atoms with E-state index in [1.165, 1.54) is 0 Å². The smallest absolute Gasteiger partial charge is 0.0832 e. The molecule has 0 aliphatic carbocycles. The van der Waals surface area contributed by atoms with E-state index in [9.17, 15) is 0 Å². The molecule has 0 radical (unpaired) electrons. The summed E-state index contributed by atoms with van der Waals surface area (Å²) in [6, 6.07) is 5.47. The summed E-state index contributed by atoms with van der Waals surface area (Å²) in [4.78, 5) is 0. The Hall–Kier alpha value is -0.240. The average molecular weight is 219 g/mol. The molecule has 0 fully saturated rings. The maximum Gasteiger partial charge on any atom is 0.0832 e. The largest absolute Gasteiger partial charge is 0.377 e. The molecule has 13 heavy (non-hydrogen) atoms. The van der Waals surface area contributed by atoms with Crippen LogP contribution in [0.5, 0.6) is 0 Å². The van der Waals surface area contributed by atoms with Crippen molar-refractivity contribution in [2.24, 2.45) is 0 Å². The average Bonchev–Trinajstić information content (AvgIpc) is 2.10. The summed E-state index contributed by atoms with van der Waals surface area (Å²) in [5.41, 5.74) is 0.996. The Kier molecular flexibility index (Phi) is 4.04. The van der Waals surface area contributed by atoms with Gasteiger partial charge >= 0.3 is 0 Å². The molecule has 3 heteroatoms. The van der Waals surface area contributed by atoms with E-state index < -0.39 is 0 Å². The molecule has 0 heterocycles. The van der Waals surface area contributed by atoms with Crippen LogP contribution in [-0.2, 0) is 4.74 Å². The van der Waals surface area contributed by atoms with E-state index in [2.05, 4.69) is 6.92 Å². The Morgan fingerprint density at radius 2 is 2.08 bits per heavy atom. The molecule has 0 aromatic heterocycles. The fraction of sp³-hybridized carbons (Fsp3) is 0.400. The number of rotatable bonds is 3. The number of methoxy groups -OCH3 is 1. The third-order valence-corrected chi connectivity index (χ3v) is 2.53. The molecule has 0 spiro atoms. The van der Waals surface area contributed by atoms with Gasteiger partial charge in [0.05, 0.1) is 6.10 Å². The topological polar surface area (TPSA) is 9.23 Å². The van der Waals surface area contributed by atoms with Gasteiger partial charge < -0.3 is 4.74 Å². The lowest BCUT2D eigenvalue weighted by molar-refractivity contribution is 0.100. The molecule has 1 aromatic rings. The number of ether oxygens (including phenoxy) is 1. The lowest BCUT2D eigenvalue weighted by Crippen LogP contribution is -2.00. The van der Waals surface area contributed by atoms with Crippen LogP contribution in [0.4, 0.5) is 0 Å². The Morgan fingerprint density at radius 1 is 1.38 bits per heavy atom. The lowest BCUT2D eigenvalue weighted by Gasteiger charge is -2.14. The Morgan fingerprint density at radius 3 is 2.54 bits per heavy atom. The summed E-state index contributed by atoms with van der Waals surface area (Å²) in [6.45, 7) is 2.05. The quantitative estimate of drug-likeness (QED) is 0.743. The molecule has 0 amide bonds. The third kappa shape index (κ3) is 2.60. The molecule has 1 atom stereocenters. The highest BCUT2D eigenvalue weighted by molar-refractivity contribution is 6.35. The van der Waals surface area contributed by atoms with Gasteiger partial charge in [-0.15, -0.1) is 0 Å². The Labute approximate surface area is 88.6 Å². The summed E-state index contributed by atoms with van der Waals surface area (Å²) in [5.74, 6) is 0. The van der Waals surface area contributed by atoms with Crippen LogP contribution < -0.4 is 0 Å². The van der Waals surface area contributed by atoms with Crippen molar-refractivity contribution in [3.63, 3.8) is 0 Å². The van der Waals surface area contributed by atoms with Gasteiger partial charge in [-0.25, -0.2) is 0 Å². The highest BCUT2D eigenvalue weighted by Crippen LogP contribution is 2.29. The molecule has 0 N–H and O–H groups in total. The highest BCUT2D eigenvalue weighted by Gasteiger charge is 2.11. The SMILES string of the molecule is CCC(OC)c1ccc(Cl)cc1Cl. The molecule has 0 bridgehead atoms. The van der Waals surface area contributed by atoms with E-state index in [-0.39, 0.29) is 6.10 Å². The van der Waals surface area contributed by atoms with Crippen molar-refractivity contribution in [1.82, 2.24) is 0 Å². The second-order valence-electron chi connectivity index (χ2n) is 2.80. The van der Waals surface area contributed by atoms with E-state index in [0.717, 1.165) is 12.0 Å². The molecule has 0 aliphatic rings. The molecule has 1 rings (SSSR count). The number of hydrogen-bond acceptors (Lipinski definition) is 1. The number of halogens is 2. The first-order valence-corrected chi connectivity index (χ1v) is 4.92. The van der Waals surface area contributed by atoms with Gasteiger partial charge in [-0.3, -0.25) is 0 Å². The van der Waals surface area contributed by atoms with Crippen LogP contribution in [0.2, 0.25) is 10.0 Å². The number of benzene rings is 1. The van der Waals surface area contributed by atoms with Crippen LogP contribution in [0.1, 0.15) is 25.0 Å². The van der Waals surface area contributed by atoms with Gasteiger partial charge in [0, 0.05) is 17.2 Å². The minimum atomic E-state index is 0.0600. The standard InChI is InChI=1S/C10H12Cl2O/c1-3-10(13-2)8-5-4-7(11)6-9(8)12/h4-6,10H,3H2,1-2H3.